The number of nitrogens with zero attached hydrogens (tertiary/aromatic N) is 1. The molecule has 1 aliphatic heterocycles. The third kappa shape index (κ3) is 3.01. The molecule has 3 nitrogen and oxygen atoms in total. The fourth-order valence-corrected chi connectivity index (χ4v) is 3.67. The molecule has 1 saturated carbocycles. The number of aliphatic hydroxyl groups is 1. The van der Waals surface area contributed by atoms with Gasteiger partial charge in [0.1, 0.15) is 0 Å². The Kier molecular flexibility index (Phi) is 4.83. The highest BCUT2D eigenvalue weighted by Crippen LogP contribution is 2.28. The Bertz CT molecular complexity index is 234. The Morgan fingerprint density at radius 3 is 2.65 bits per heavy atom. The van der Waals surface area contributed by atoms with Crippen molar-refractivity contribution >= 4 is 0 Å². The molecular weight excluding hydrogens is 212 g/mol. The smallest absolute Gasteiger partial charge is 0.0695 e. The quantitative estimate of drug-likeness (QED) is 0.787. The minimum Gasteiger partial charge on any atom is -0.391 e. The van der Waals surface area contributed by atoms with Crippen molar-refractivity contribution < 1.29 is 5.11 Å². The molecule has 0 bridgehead atoms. The van der Waals surface area contributed by atoms with Crippen molar-refractivity contribution in [2.45, 2.75) is 63.6 Å². The van der Waals surface area contributed by atoms with Gasteiger partial charge in [-0.15, -0.1) is 0 Å². The van der Waals surface area contributed by atoms with E-state index in [-0.39, 0.29) is 6.10 Å². The second-order valence-electron chi connectivity index (χ2n) is 5.77. The lowest BCUT2D eigenvalue weighted by Crippen LogP contribution is -2.54. The summed E-state index contributed by atoms with van der Waals surface area (Å²) in [5.41, 5.74) is 0. The zero-order chi connectivity index (χ0) is 12.3. The highest BCUT2D eigenvalue weighted by atomic mass is 16.3. The average Bonchev–Trinajstić information content (AvgIpc) is 2.38. The summed E-state index contributed by atoms with van der Waals surface area (Å²) in [4.78, 5) is 2.56. The molecule has 0 spiro atoms. The predicted octanol–water partition coefficient (Wildman–Crippen LogP) is 1.61. The zero-order valence-electron chi connectivity index (χ0n) is 11.4. The number of aliphatic hydroxyl groups excluding tert-OH is 1. The van der Waals surface area contributed by atoms with Gasteiger partial charge in [-0.1, -0.05) is 26.2 Å². The maximum absolute atomic E-state index is 10.1. The van der Waals surface area contributed by atoms with Crippen molar-refractivity contribution in [3.8, 4) is 0 Å². The van der Waals surface area contributed by atoms with Crippen LogP contribution in [-0.2, 0) is 0 Å². The van der Waals surface area contributed by atoms with Crippen molar-refractivity contribution in [1.82, 2.24) is 10.2 Å². The largest absolute Gasteiger partial charge is 0.391 e. The molecule has 0 aromatic carbocycles. The van der Waals surface area contributed by atoms with Crippen LogP contribution in [0.2, 0.25) is 0 Å². The summed E-state index contributed by atoms with van der Waals surface area (Å²) < 4.78 is 0. The molecular formula is C14H28N2O. The number of hydrogen-bond acceptors (Lipinski definition) is 3. The second-order valence-corrected chi connectivity index (χ2v) is 5.77. The van der Waals surface area contributed by atoms with Crippen LogP contribution in [0.15, 0.2) is 0 Å². The zero-order valence-corrected chi connectivity index (χ0v) is 11.4. The molecule has 17 heavy (non-hydrogen) atoms. The van der Waals surface area contributed by atoms with E-state index < -0.39 is 0 Å². The van der Waals surface area contributed by atoms with E-state index in [1.165, 1.54) is 38.6 Å². The minimum atomic E-state index is -0.0765. The summed E-state index contributed by atoms with van der Waals surface area (Å²) >= 11 is 0. The van der Waals surface area contributed by atoms with Crippen LogP contribution in [-0.4, -0.2) is 48.3 Å². The molecule has 3 heteroatoms. The first-order chi connectivity index (χ1) is 8.26. The normalized spacial score (nSPS) is 40.4. The van der Waals surface area contributed by atoms with E-state index in [1.807, 2.05) is 0 Å². The van der Waals surface area contributed by atoms with Crippen molar-refractivity contribution in [3.05, 3.63) is 0 Å². The molecule has 4 unspecified atom stereocenters. The highest BCUT2D eigenvalue weighted by molar-refractivity contribution is 4.90. The van der Waals surface area contributed by atoms with Gasteiger partial charge in [-0.05, 0) is 32.2 Å². The maximum atomic E-state index is 10.1. The lowest BCUT2D eigenvalue weighted by Gasteiger charge is -2.45. The molecule has 0 radical (unpaired) electrons. The summed E-state index contributed by atoms with van der Waals surface area (Å²) in [5, 5.41) is 13.6. The van der Waals surface area contributed by atoms with Gasteiger partial charge in [0, 0.05) is 25.2 Å². The van der Waals surface area contributed by atoms with Crippen LogP contribution < -0.4 is 5.32 Å². The van der Waals surface area contributed by atoms with Crippen molar-refractivity contribution in [2.75, 3.05) is 20.1 Å². The van der Waals surface area contributed by atoms with Crippen LogP contribution in [0, 0.1) is 5.92 Å². The molecule has 1 heterocycles. The summed E-state index contributed by atoms with van der Waals surface area (Å²) in [5.74, 6) is 0.753. The second kappa shape index (κ2) is 6.17. The van der Waals surface area contributed by atoms with Crippen LogP contribution in [0.3, 0.4) is 0 Å². The van der Waals surface area contributed by atoms with E-state index in [9.17, 15) is 5.11 Å². The van der Waals surface area contributed by atoms with E-state index in [1.54, 1.807) is 0 Å². The fraction of sp³-hybridized carbons (Fsp3) is 1.00. The lowest BCUT2D eigenvalue weighted by molar-refractivity contribution is -0.00653. The van der Waals surface area contributed by atoms with E-state index >= 15 is 0 Å². The van der Waals surface area contributed by atoms with E-state index in [4.69, 9.17) is 0 Å². The molecule has 0 amide bonds. The molecule has 0 aromatic heterocycles. The third-order valence-electron chi connectivity index (χ3n) is 4.82. The topological polar surface area (TPSA) is 35.5 Å². The van der Waals surface area contributed by atoms with Crippen LogP contribution in [0.5, 0.6) is 0 Å². The number of piperidine rings is 1. The van der Waals surface area contributed by atoms with E-state index in [2.05, 4.69) is 24.2 Å². The van der Waals surface area contributed by atoms with Crippen LogP contribution >= 0.6 is 0 Å². The molecule has 100 valence electrons. The Morgan fingerprint density at radius 1 is 1.24 bits per heavy atom. The number of likely N-dealkylation sites (tertiary alicyclic amines) is 1. The molecule has 1 saturated heterocycles. The van der Waals surface area contributed by atoms with Crippen LogP contribution in [0.25, 0.3) is 0 Å². The summed E-state index contributed by atoms with van der Waals surface area (Å²) in [6.45, 7) is 4.61. The highest BCUT2D eigenvalue weighted by Gasteiger charge is 2.34. The molecule has 2 aliphatic rings. The first kappa shape index (κ1) is 13.3. The summed E-state index contributed by atoms with van der Waals surface area (Å²) in [7, 11) is 2.08. The fourth-order valence-electron chi connectivity index (χ4n) is 3.67. The van der Waals surface area contributed by atoms with Gasteiger partial charge in [-0.25, -0.2) is 0 Å². The van der Waals surface area contributed by atoms with Crippen LogP contribution in [0.4, 0.5) is 0 Å². The lowest BCUT2D eigenvalue weighted by atomic mass is 9.85. The van der Waals surface area contributed by atoms with Crippen molar-refractivity contribution in [3.63, 3.8) is 0 Å². The van der Waals surface area contributed by atoms with Gasteiger partial charge in [0.15, 0.2) is 0 Å². The SMILES string of the molecule is CCC1CN(C2CCCCC2O)CCC1NC. The van der Waals surface area contributed by atoms with Crippen molar-refractivity contribution in [1.29, 1.82) is 0 Å². The molecule has 0 aromatic rings. The molecule has 1 aliphatic carbocycles. The van der Waals surface area contributed by atoms with E-state index in [0.717, 1.165) is 18.9 Å². The van der Waals surface area contributed by atoms with Gasteiger partial charge in [0.2, 0.25) is 0 Å². The van der Waals surface area contributed by atoms with Crippen molar-refractivity contribution in [2.24, 2.45) is 5.92 Å². The average molecular weight is 240 g/mol. The summed E-state index contributed by atoms with van der Waals surface area (Å²) in [6.07, 6.45) is 7.11. The first-order valence-electron chi connectivity index (χ1n) is 7.35. The van der Waals surface area contributed by atoms with Gasteiger partial charge in [0.25, 0.3) is 0 Å². The number of hydrogen-bond donors (Lipinski definition) is 2. The molecule has 2 N–H and O–H groups in total. The Hall–Kier alpha value is -0.120. The molecule has 4 atom stereocenters. The Morgan fingerprint density at radius 2 is 2.00 bits per heavy atom. The van der Waals surface area contributed by atoms with Gasteiger partial charge in [-0.2, -0.15) is 0 Å². The number of rotatable bonds is 3. The van der Waals surface area contributed by atoms with Crippen LogP contribution in [0.1, 0.15) is 45.4 Å². The predicted molar refractivity (Wildman–Crippen MR) is 71.1 cm³/mol. The van der Waals surface area contributed by atoms with Gasteiger partial charge >= 0.3 is 0 Å². The maximum Gasteiger partial charge on any atom is 0.0695 e. The Labute approximate surface area is 106 Å². The Balaban J connectivity index is 1.93. The van der Waals surface area contributed by atoms with E-state index in [0.29, 0.717) is 12.1 Å². The minimum absolute atomic E-state index is 0.0765. The standard InChI is InChI=1S/C14H28N2O/c1-3-11-10-16(9-8-12(11)15-2)13-6-4-5-7-14(13)17/h11-15,17H,3-10H2,1-2H3. The first-order valence-corrected chi connectivity index (χ1v) is 7.35. The number of nitrogens with one attached hydrogen (secondary N) is 1. The third-order valence-corrected chi connectivity index (χ3v) is 4.82. The van der Waals surface area contributed by atoms with Gasteiger partial charge in [0.05, 0.1) is 6.10 Å². The monoisotopic (exact) mass is 240 g/mol. The summed E-state index contributed by atoms with van der Waals surface area (Å²) in [6, 6.07) is 1.12. The molecule has 2 fully saturated rings. The van der Waals surface area contributed by atoms with Gasteiger partial charge in [-0.3, -0.25) is 4.90 Å². The molecule has 2 rings (SSSR count). The van der Waals surface area contributed by atoms with Gasteiger partial charge < -0.3 is 10.4 Å².